The van der Waals surface area contributed by atoms with Crippen molar-refractivity contribution >= 4 is 11.8 Å². The Kier molecular flexibility index (Phi) is 6.55. The zero-order valence-electron chi connectivity index (χ0n) is 14.3. The number of nitrogens with one attached hydrogen (secondary N) is 2. The van der Waals surface area contributed by atoms with Gasteiger partial charge in [0.15, 0.2) is 0 Å². The third kappa shape index (κ3) is 5.54. The molecule has 0 spiro atoms. The first-order chi connectivity index (χ1) is 11.6. The molecule has 0 atom stereocenters. The molecule has 2 aromatic carbocycles. The lowest BCUT2D eigenvalue weighted by atomic mass is 10.1. The average Bonchev–Trinajstić information content (AvgIpc) is 2.56. The lowest BCUT2D eigenvalue weighted by molar-refractivity contribution is -0.120. The largest absolute Gasteiger partial charge is 0.356 e. The topological polar surface area (TPSA) is 58.2 Å². The summed E-state index contributed by atoms with van der Waals surface area (Å²) in [4.78, 5) is 23.8. The molecular weight excluding hydrogens is 300 g/mol. The summed E-state index contributed by atoms with van der Waals surface area (Å²) in [5.74, 6) is -0.195. The summed E-state index contributed by atoms with van der Waals surface area (Å²) in [6, 6.07) is 15.5. The van der Waals surface area contributed by atoms with Gasteiger partial charge in [-0.05, 0) is 43.5 Å². The van der Waals surface area contributed by atoms with Gasteiger partial charge in [0.1, 0.15) is 0 Å². The van der Waals surface area contributed by atoms with Crippen molar-refractivity contribution in [2.24, 2.45) is 0 Å². The van der Waals surface area contributed by atoms with Gasteiger partial charge in [-0.15, -0.1) is 0 Å². The minimum absolute atomic E-state index is 0.0480. The van der Waals surface area contributed by atoms with Gasteiger partial charge < -0.3 is 10.6 Å². The Morgan fingerprint density at radius 3 is 2.46 bits per heavy atom. The Bertz CT molecular complexity index is 710. The predicted octanol–water partition coefficient (Wildman–Crippen LogP) is 2.78. The van der Waals surface area contributed by atoms with Crippen LogP contribution in [-0.2, 0) is 11.2 Å². The van der Waals surface area contributed by atoms with Crippen LogP contribution in [0.3, 0.4) is 0 Å². The fourth-order valence-electron chi connectivity index (χ4n) is 2.49. The van der Waals surface area contributed by atoms with E-state index in [2.05, 4.69) is 29.7 Å². The molecule has 0 aliphatic carbocycles. The van der Waals surface area contributed by atoms with E-state index in [0.717, 1.165) is 12.0 Å². The number of hydrogen-bond donors (Lipinski definition) is 2. The average molecular weight is 324 g/mol. The number of aryl methyl sites for hydroxylation is 2. The standard InChI is InChI=1S/C20H24N2O2/c1-15-6-5-9-18(14-15)20(24)22-13-11-19(23)21-12-10-17-8-4-3-7-16(17)2/h3-9,14H,10-13H2,1-2H3,(H,21,23)(H,22,24). The second-order valence-electron chi connectivity index (χ2n) is 5.90. The van der Waals surface area contributed by atoms with E-state index in [0.29, 0.717) is 18.7 Å². The van der Waals surface area contributed by atoms with Gasteiger partial charge in [0, 0.05) is 25.1 Å². The Balaban J connectivity index is 1.66. The third-order valence-corrected chi connectivity index (χ3v) is 3.90. The van der Waals surface area contributed by atoms with Crippen LogP contribution in [0.5, 0.6) is 0 Å². The van der Waals surface area contributed by atoms with Gasteiger partial charge in [0.25, 0.3) is 5.91 Å². The van der Waals surface area contributed by atoms with Gasteiger partial charge in [-0.2, -0.15) is 0 Å². The van der Waals surface area contributed by atoms with Crippen LogP contribution in [-0.4, -0.2) is 24.9 Å². The smallest absolute Gasteiger partial charge is 0.251 e. The molecular formula is C20H24N2O2. The Hall–Kier alpha value is -2.62. The molecule has 0 fully saturated rings. The van der Waals surface area contributed by atoms with Crippen molar-refractivity contribution in [3.05, 3.63) is 70.8 Å². The number of carbonyl (C=O) groups is 2. The molecule has 0 saturated heterocycles. The zero-order chi connectivity index (χ0) is 17.4. The molecule has 126 valence electrons. The lowest BCUT2D eigenvalue weighted by Gasteiger charge is -2.08. The highest BCUT2D eigenvalue weighted by Gasteiger charge is 2.06. The minimum atomic E-state index is -0.147. The monoisotopic (exact) mass is 324 g/mol. The maximum atomic E-state index is 12.0. The highest BCUT2D eigenvalue weighted by Crippen LogP contribution is 2.07. The van der Waals surface area contributed by atoms with Crippen molar-refractivity contribution in [1.29, 1.82) is 0 Å². The first kappa shape index (κ1) is 17.7. The van der Waals surface area contributed by atoms with Crippen molar-refractivity contribution < 1.29 is 9.59 Å². The van der Waals surface area contributed by atoms with Crippen LogP contribution >= 0.6 is 0 Å². The van der Waals surface area contributed by atoms with E-state index >= 15 is 0 Å². The molecule has 4 heteroatoms. The Labute approximate surface area is 143 Å². The molecule has 24 heavy (non-hydrogen) atoms. The second-order valence-corrected chi connectivity index (χ2v) is 5.90. The summed E-state index contributed by atoms with van der Waals surface area (Å²) in [7, 11) is 0. The molecule has 0 radical (unpaired) electrons. The van der Waals surface area contributed by atoms with Crippen molar-refractivity contribution in [2.75, 3.05) is 13.1 Å². The van der Waals surface area contributed by atoms with Gasteiger partial charge in [0.2, 0.25) is 5.91 Å². The minimum Gasteiger partial charge on any atom is -0.356 e. The molecule has 2 aromatic rings. The highest BCUT2D eigenvalue weighted by molar-refractivity contribution is 5.94. The van der Waals surface area contributed by atoms with E-state index < -0.39 is 0 Å². The lowest BCUT2D eigenvalue weighted by Crippen LogP contribution is -2.31. The molecule has 0 unspecified atom stereocenters. The van der Waals surface area contributed by atoms with E-state index in [4.69, 9.17) is 0 Å². The van der Waals surface area contributed by atoms with Gasteiger partial charge >= 0.3 is 0 Å². The van der Waals surface area contributed by atoms with Gasteiger partial charge in [-0.3, -0.25) is 9.59 Å². The highest BCUT2D eigenvalue weighted by atomic mass is 16.2. The van der Waals surface area contributed by atoms with E-state index in [1.807, 2.05) is 37.3 Å². The van der Waals surface area contributed by atoms with Crippen LogP contribution in [0, 0.1) is 13.8 Å². The molecule has 2 amide bonds. The number of carbonyl (C=O) groups excluding carboxylic acids is 2. The van der Waals surface area contributed by atoms with Crippen molar-refractivity contribution in [3.63, 3.8) is 0 Å². The van der Waals surface area contributed by atoms with Crippen LogP contribution in [0.4, 0.5) is 0 Å². The summed E-state index contributed by atoms with van der Waals surface area (Å²) in [6.07, 6.45) is 1.10. The van der Waals surface area contributed by atoms with Crippen LogP contribution in [0.1, 0.15) is 33.5 Å². The zero-order valence-corrected chi connectivity index (χ0v) is 14.3. The van der Waals surface area contributed by atoms with Crippen LogP contribution in [0.15, 0.2) is 48.5 Å². The maximum Gasteiger partial charge on any atom is 0.251 e. The van der Waals surface area contributed by atoms with E-state index in [1.165, 1.54) is 11.1 Å². The van der Waals surface area contributed by atoms with E-state index in [9.17, 15) is 9.59 Å². The summed E-state index contributed by atoms with van der Waals surface area (Å²) in [6.45, 7) is 4.95. The van der Waals surface area contributed by atoms with Crippen molar-refractivity contribution in [2.45, 2.75) is 26.7 Å². The first-order valence-electron chi connectivity index (χ1n) is 8.22. The van der Waals surface area contributed by atoms with E-state index in [-0.39, 0.29) is 18.2 Å². The summed E-state index contributed by atoms with van der Waals surface area (Å²) in [5, 5.41) is 5.67. The number of hydrogen-bond acceptors (Lipinski definition) is 2. The second kappa shape index (κ2) is 8.87. The molecule has 0 aliphatic rings. The molecule has 0 aromatic heterocycles. The summed E-state index contributed by atoms with van der Waals surface area (Å²) < 4.78 is 0. The van der Waals surface area contributed by atoms with Gasteiger partial charge in [-0.1, -0.05) is 42.0 Å². The molecule has 2 rings (SSSR count). The SMILES string of the molecule is Cc1cccc(C(=O)NCCC(=O)NCCc2ccccc2C)c1. The fourth-order valence-corrected chi connectivity index (χ4v) is 2.49. The third-order valence-electron chi connectivity index (χ3n) is 3.90. The van der Waals surface area contributed by atoms with Crippen LogP contribution < -0.4 is 10.6 Å². The molecule has 0 saturated carbocycles. The normalized spacial score (nSPS) is 10.2. The van der Waals surface area contributed by atoms with Gasteiger partial charge in [-0.25, -0.2) is 0 Å². The van der Waals surface area contributed by atoms with Crippen LogP contribution in [0.25, 0.3) is 0 Å². The quantitative estimate of drug-likeness (QED) is 0.823. The van der Waals surface area contributed by atoms with Crippen molar-refractivity contribution in [3.8, 4) is 0 Å². The summed E-state index contributed by atoms with van der Waals surface area (Å²) >= 11 is 0. The number of rotatable bonds is 7. The maximum absolute atomic E-state index is 12.0. The Morgan fingerprint density at radius 2 is 1.71 bits per heavy atom. The van der Waals surface area contributed by atoms with Crippen molar-refractivity contribution in [1.82, 2.24) is 10.6 Å². The molecule has 0 bridgehead atoms. The first-order valence-corrected chi connectivity index (χ1v) is 8.22. The Morgan fingerprint density at radius 1 is 0.917 bits per heavy atom. The fraction of sp³-hybridized carbons (Fsp3) is 0.300. The molecule has 0 aliphatic heterocycles. The number of benzene rings is 2. The van der Waals surface area contributed by atoms with E-state index in [1.54, 1.807) is 6.07 Å². The van der Waals surface area contributed by atoms with Crippen LogP contribution in [0.2, 0.25) is 0 Å². The predicted molar refractivity (Wildman–Crippen MR) is 96.0 cm³/mol. The number of amides is 2. The summed E-state index contributed by atoms with van der Waals surface area (Å²) in [5.41, 5.74) is 4.13. The molecule has 4 nitrogen and oxygen atoms in total. The van der Waals surface area contributed by atoms with Gasteiger partial charge in [0.05, 0.1) is 0 Å². The molecule has 2 N–H and O–H groups in total. The molecule has 0 heterocycles.